The normalized spacial score (nSPS) is 24.6. The van der Waals surface area contributed by atoms with Gasteiger partial charge in [-0.2, -0.15) is 0 Å². The summed E-state index contributed by atoms with van der Waals surface area (Å²) in [4.78, 5) is 14.8. The molecule has 21 heavy (non-hydrogen) atoms. The Hall–Kier alpha value is -1.10. The van der Waals surface area contributed by atoms with Gasteiger partial charge in [0, 0.05) is 12.1 Å². The average Bonchev–Trinajstić information content (AvgIpc) is 3.20. The van der Waals surface area contributed by atoms with Crippen molar-refractivity contribution in [2.75, 3.05) is 13.7 Å². The van der Waals surface area contributed by atoms with Crippen molar-refractivity contribution < 1.29 is 9.53 Å². The minimum atomic E-state index is -0.339. The second kappa shape index (κ2) is 5.59. The van der Waals surface area contributed by atoms with E-state index >= 15 is 0 Å². The van der Waals surface area contributed by atoms with Crippen LogP contribution in [0.4, 0.5) is 0 Å². The van der Waals surface area contributed by atoms with E-state index in [1.807, 2.05) is 29.2 Å². The van der Waals surface area contributed by atoms with Gasteiger partial charge in [0.25, 0.3) is 0 Å². The van der Waals surface area contributed by atoms with Crippen LogP contribution in [0.5, 0.6) is 0 Å². The van der Waals surface area contributed by atoms with E-state index in [-0.39, 0.29) is 23.7 Å². The van der Waals surface area contributed by atoms with Crippen molar-refractivity contribution in [1.82, 2.24) is 10.2 Å². The molecule has 1 saturated heterocycles. The standard InChI is InChI=1S/C16H21ClN2O2/c1-3-13(10-21-2)19-14(11-5-4-6-12(17)9-11)18-16(7-8-16)15(19)20/h4-6,9,13-14,18H,3,7-8,10H2,1-2H3. The maximum absolute atomic E-state index is 12.8. The SMILES string of the molecule is CCC(COC)N1C(=O)C2(CC2)NC1c1cccc(Cl)c1. The van der Waals surface area contributed by atoms with Gasteiger partial charge in [-0.1, -0.05) is 30.7 Å². The van der Waals surface area contributed by atoms with E-state index in [0.29, 0.717) is 11.6 Å². The summed E-state index contributed by atoms with van der Waals surface area (Å²) in [5.41, 5.74) is 0.697. The molecule has 2 fully saturated rings. The van der Waals surface area contributed by atoms with Crippen molar-refractivity contribution in [2.45, 2.75) is 43.9 Å². The largest absolute Gasteiger partial charge is 0.383 e. The van der Waals surface area contributed by atoms with Crippen LogP contribution in [0.2, 0.25) is 5.02 Å². The predicted molar refractivity (Wildman–Crippen MR) is 82.1 cm³/mol. The lowest BCUT2D eigenvalue weighted by molar-refractivity contribution is -0.134. The lowest BCUT2D eigenvalue weighted by atomic mass is 10.1. The van der Waals surface area contributed by atoms with Crippen LogP contribution in [0.15, 0.2) is 24.3 Å². The zero-order valence-electron chi connectivity index (χ0n) is 12.4. The molecule has 4 nitrogen and oxygen atoms in total. The third kappa shape index (κ3) is 2.56. The Morgan fingerprint density at radius 1 is 1.52 bits per heavy atom. The smallest absolute Gasteiger partial charge is 0.244 e. The van der Waals surface area contributed by atoms with Crippen LogP contribution in [0.25, 0.3) is 0 Å². The molecule has 1 amide bonds. The van der Waals surface area contributed by atoms with E-state index in [9.17, 15) is 4.79 Å². The molecule has 1 N–H and O–H groups in total. The van der Waals surface area contributed by atoms with Gasteiger partial charge in [-0.15, -0.1) is 0 Å². The number of rotatable bonds is 5. The Morgan fingerprint density at radius 3 is 2.86 bits per heavy atom. The molecule has 5 heteroatoms. The second-order valence-corrected chi connectivity index (χ2v) is 6.35. The first kappa shape index (κ1) is 14.8. The van der Waals surface area contributed by atoms with E-state index < -0.39 is 0 Å². The molecule has 1 aliphatic carbocycles. The van der Waals surface area contributed by atoms with Crippen LogP contribution < -0.4 is 5.32 Å². The summed E-state index contributed by atoms with van der Waals surface area (Å²) in [6, 6.07) is 7.81. The third-order valence-corrected chi connectivity index (χ3v) is 4.71. The van der Waals surface area contributed by atoms with Crippen LogP contribution in [-0.4, -0.2) is 36.1 Å². The van der Waals surface area contributed by atoms with Crippen molar-refractivity contribution in [3.8, 4) is 0 Å². The number of amides is 1. The number of nitrogens with one attached hydrogen (secondary N) is 1. The topological polar surface area (TPSA) is 41.6 Å². The van der Waals surface area contributed by atoms with Gasteiger partial charge < -0.3 is 9.64 Å². The first-order chi connectivity index (χ1) is 10.1. The maximum atomic E-state index is 12.8. The summed E-state index contributed by atoms with van der Waals surface area (Å²) in [6.07, 6.45) is 2.60. The highest BCUT2D eigenvalue weighted by Crippen LogP contribution is 2.47. The van der Waals surface area contributed by atoms with Crippen molar-refractivity contribution in [1.29, 1.82) is 0 Å². The monoisotopic (exact) mass is 308 g/mol. The molecule has 1 aromatic rings. The van der Waals surface area contributed by atoms with Gasteiger partial charge in [-0.05, 0) is 37.0 Å². The van der Waals surface area contributed by atoms with Gasteiger partial charge in [-0.3, -0.25) is 10.1 Å². The van der Waals surface area contributed by atoms with E-state index in [4.69, 9.17) is 16.3 Å². The number of methoxy groups -OCH3 is 1. The Kier molecular flexibility index (Phi) is 3.95. The molecular weight excluding hydrogens is 288 g/mol. The average molecular weight is 309 g/mol. The highest BCUT2D eigenvalue weighted by molar-refractivity contribution is 6.30. The number of hydrogen-bond acceptors (Lipinski definition) is 3. The lowest BCUT2D eigenvalue weighted by Gasteiger charge is -2.32. The maximum Gasteiger partial charge on any atom is 0.244 e. The minimum absolute atomic E-state index is 0.0824. The van der Waals surface area contributed by atoms with Crippen molar-refractivity contribution in [3.05, 3.63) is 34.9 Å². The van der Waals surface area contributed by atoms with Crippen LogP contribution in [0.3, 0.4) is 0 Å². The Balaban J connectivity index is 1.94. The Labute approximate surface area is 130 Å². The van der Waals surface area contributed by atoms with E-state index in [2.05, 4.69) is 12.2 Å². The molecule has 1 aromatic carbocycles. The zero-order chi connectivity index (χ0) is 15.0. The highest BCUT2D eigenvalue weighted by Gasteiger charge is 2.60. The van der Waals surface area contributed by atoms with E-state index in [0.717, 1.165) is 24.8 Å². The van der Waals surface area contributed by atoms with Crippen LogP contribution >= 0.6 is 11.6 Å². The molecule has 1 aliphatic heterocycles. The molecule has 1 heterocycles. The number of hydrogen-bond donors (Lipinski definition) is 1. The molecule has 1 spiro atoms. The predicted octanol–water partition coefficient (Wildman–Crippen LogP) is 2.73. The number of halogens is 1. The summed E-state index contributed by atoms with van der Waals surface area (Å²) >= 11 is 6.11. The highest BCUT2D eigenvalue weighted by atomic mass is 35.5. The molecule has 1 saturated carbocycles. The molecule has 0 aromatic heterocycles. The van der Waals surface area contributed by atoms with Crippen LogP contribution in [0.1, 0.15) is 37.9 Å². The van der Waals surface area contributed by atoms with Gasteiger partial charge in [0.15, 0.2) is 0 Å². The third-order valence-electron chi connectivity index (χ3n) is 4.47. The molecule has 114 valence electrons. The second-order valence-electron chi connectivity index (χ2n) is 5.91. The van der Waals surface area contributed by atoms with Crippen molar-refractivity contribution in [3.63, 3.8) is 0 Å². The van der Waals surface area contributed by atoms with Crippen LogP contribution in [-0.2, 0) is 9.53 Å². The summed E-state index contributed by atoms with van der Waals surface area (Å²) in [5.74, 6) is 0.205. The summed E-state index contributed by atoms with van der Waals surface area (Å²) in [7, 11) is 1.68. The fraction of sp³-hybridized carbons (Fsp3) is 0.562. The van der Waals surface area contributed by atoms with Crippen LogP contribution in [0, 0.1) is 0 Å². The molecule has 3 rings (SSSR count). The fourth-order valence-electron chi connectivity index (χ4n) is 3.13. The summed E-state index contributed by atoms with van der Waals surface area (Å²) in [6.45, 7) is 2.64. The van der Waals surface area contributed by atoms with Gasteiger partial charge >= 0.3 is 0 Å². The first-order valence-corrected chi connectivity index (χ1v) is 7.84. The minimum Gasteiger partial charge on any atom is -0.383 e. The zero-order valence-corrected chi connectivity index (χ0v) is 13.2. The van der Waals surface area contributed by atoms with Gasteiger partial charge in [0.05, 0.1) is 12.6 Å². The van der Waals surface area contributed by atoms with Gasteiger partial charge in [0.2, 0.25) is 5.91 Å². The molecule has 0 radical (unpaired) electrons. The van der Waals surface area contributed by atoms with Crippen molar-refractivity contribution in [2.24, 2.45) is 0 Å². The lowest BCUT2D eigenvalue weighted by Crippen LogP contribution is -2.42. The van der Waals surface area contributed by atoms with Gasteiger partial charge in [0.1, 0.15) is 11.7 Å². The molecular formula is C16H21ClN2O2. The Bertz CT molecular complexity index is 545. The molecule has 2 atom stereocenters. The van der Waals surface area contributed by atoms with Crippen molar-refractivity contribution >= 4 is 17.5 Å². The van der Waals surface area contributed by atoms with Gasteiger partial charge in [-0.25, -0.2) is 0 Å². The first-order valence-electron chi connectivity index (χ1n) is 7.46. The number of nitrogens with zero attached hydrogens (tertiary/aromatic N) is 1. The number of carbonyl (C=O) groups is 1. The Morgan fingerprint density at radius 2 is 2.29 bits per heavy atom. The number of ether oxygens (including phenoxy) is 1. The quantitative estimate of drug-likeness (QED) is 0.909. The fourth-order valence-corrected chi connectivity index (χ4v) is 3.32. The summed E-state index contributed by atoms with van der Waals surface area (Å²) < 4.78 is 5.30. The number of benzene rings is 1. The van der Waals surface area contributed by atoms with E-state index in [1.165, 1.54) is 0 Å². The molecule has 2 unspecified atom stereocenters. The molecule has 0 bridgehead atoms. The van der Waals surface area contributed by atoms with E-state index in [1.54, 1.807) is 7.11 Å². The summed E-state index contributed by atoms with van der Waals surface area (Å²) in [5, 5.41) is 4.21. The number of carbonyl (C=O) groups excluding carboxylic acids is 1. The molecule has 2 aliphatic rings.